The number of hydrogen-bond donors (Lipinski definition) is 2. The Balaban J connectivity index is 2.89. The fraction of sp³-hybridized carbons (Fsp3) is 0.950. The van der Waals surface area contributed by atoms with Crippen LogP contribution < -0.4 is 10.0 Å². The highest BCUT2D eigenvalue weighted by Crippen LogP contribution is 2.23. The van der Waals surface area contributed by atoms with Crippen LogP contribution >= 0.6 is 0 Å². The Morgan fingerprint density at radius 3 is 2.10 bits per heavy atom. The van der Waals surface area contributed by atoms with Crippen molar-refractivity contribution in [1.82, 2.24) is 10.0 Å². The minimum atomic E-state index is -3.67. The number of rotatable bonds is 15. The van der Waals surface area contributed by atoms with Crippen LogP contribution in [0.2, 0.25) is 0 Å². The van der Waals surface area contributed by atoms with Gasteiger partial charge in [0.2, 0.25) is 10.0 Å². The van der Waals surface area contributed by atoms with Crippen molar-refractivity contribution in [3.05, 3.63) is 0 Å². The Hall–Kier alpha value is -0.940. The molecule has 1 fully saturated rings. The Kier molecular flexibility index (Phi) is 13.5. The van der Waals surface area contributed by atoms with Gasteiger partial charge in [-0.1, -0.05) is 40.0 Å². The molecule has 2 amide bonds. The maximum atomic E-state index is 12.1. The van der Waals surface area contributed by atoms with E-state index < -0.39 is 34.3 Å². The molecule has 0 aromatic heterocycles. The molecule has 0 radical (unpaired) electrons. The van der Waals surface area contributed by atoms with Gasteiger partial charge < -0.3 is 24.3 Å². The summed E-state index contributed by atoms with van der Waals surface area (Å²) in [6.45, 7) is 8.54. The summed E-state index contributed by atoms with van der Waals surface area (Å²) in [5.74, 6) is 0. The highest BCUT2D eigenvalue weighted by Gasteiger charge is 2.43. The van der Waals surface area contributed by atoms with Gasteiger partial charge in [0.15, 0.2) is 0 Å². The van der Waals surface area contributed by atoms with E-state index in [2.05, 4.69) is 26.1 Å². The molecule has 1 heterocycles. The zero-order valence-corrected chi connectivity index (χ0v) is 19.7. The first kappa shape index (κ1) is 27.1. The zero-order valence-electron chi connectivity index (χ0n) is 18.9. The number of ether oxygens (including phenoxy) is 4. The van der Waals surface area contributed by atoms with E-state index in [4.69, 9.17) is 18.9 Å². The minimum Gasteiger partial charge on any atom is -0.379 e. The summed E-state index contributed by atoms with van der Waals surface area (Å²) in [4.78, 5) is 12.1. The molecule has 1 aliphatic heterocycles. The molecule has 9 nitrogen and oxygen atoms in total. The first-order valence-corrected chi connectivity index (χ1v) is 12.9. The third kappa shape index (κ3) is 10.9. The molecule has 0 aromatic rings. The van der Waals surface area contributed by atoms with Crippen molar-refractivity contribution in [1.29, 1.82) is 0 Å². The average Bonchev–Trinajstić information content (AvgIpc) is 2.67. The van der Waals surface area contributed by atoms with Crippen molar-refractivity contribution < 1.29 is 32.2 Å². The van der Waals surface area contributed by atoms with E-state index >= 15 is 0 Å². The molecule has 2 N–H and O–H groups in total. The van der Waals surface area contributed by atoms with Gasteiger partial charge in [0.05, 0.1) is 25.5 Å². The number of nitrogens with one attached hydrogen (secondary N) is 2. The Bertz CT molecular complexity index is 574. The summed E-state index contributed by atoms with van der Waals surface area (Å²) in [6.07, 6.45) is 5.48. The smallest absolute Gasteiger partial charge is 0.328 e. The largest absolute Gasteiger partial charge is 0.379 e. The van der Waals surface area contributed by atoms with Crippen molar-refractivity contribution in [2.75, 3.05) is 39.3 Å². The van der Waals surface area contributed by atoms with Crippen molar-refractivity contribution >= 4 is 16.1 Å². The molecule has 0 unspecified atom stereocenters. The summed E-state index contributed by atoms with van der Waals surface area (Å²) in [6, 6.07) is -1.35. The van der Waals surface area contributed by atoms with E-state index in [1.807, 2.05) is 4.72 Å². The predicted octanol–water partition coefficient (Wildman–Crippen LogP) is 2.20. The van der Waals surface area contributed by atoms with Gasteiger partial charge in [-0.25, -0.2) is 17.9 Å². The second kappa shape index (κ2) is 15.0. The van der Waals surface area contributed by atoms with E-state index in [9.17, 15) is 13.2 Å². The standard InChI is InChI=1S/C20H40N2O7S/c1-5-8-11-26-15-17-19(28-13-10-7-3)18(27-12-9-6-2)16(14-29-17)21-20(23)22-30(4,24)25/h16-19H,5-15H2,1-4H3,(H2,21,22,23)/t16-,17-,18-,19+/m1/s1. The van der Waals surface area contributed by atoms with Crippen molar-refractivity contribution in [2.45, 2.75) is 83.6 Å². The molecule has 1 saturated heterocycles. The number of amides is 2. The van der Waals surface area contributed by atoms with Gasteiger partial charge in [0.25, 0.3) is 0 Å². The van der Waals surface area contributed by atoms with Gasteiger partial charge in [0.1, 0.15) is 18.3 Å². The molecule has 0 bridgehead atoms. The lowest BCUT2D eigenvalue weighted by Gasteiger charge is -2.42. The minimum absolute atomic E-state index is 0.184. The van der Waals surface area contributed by atoms with Gasteiger partial charge in [-0.05, 0) is 19.3 Å². The van der Waals surface area contributed by atoms with E-state index in [-0.39, 0.29) is 12.7 Å². The van der Waals surface area contributed by atoms with Crippen molar-refractivity contribution in [3.63, 3.8) is 0 Å². The zero-order chi connectivity index (χ0) is 22.4. The number of sulfonamides is 1. The fourth-order valence-electron chi connectivity index (χ4n) is 3.08. The van der Waals surface area contributed by atoms with E-state index in [1.165, 1.54) is 0 Å². The number of unbranched alkanes of at least 4 members (excludes halogenated alkanes) is 3. The summed E-state index contributed by atoms with van der Waals surface area (Å²) < 4.78 is 48.6. The third-order valence-corrected chi connectivity index (χ3v) is 5.27. The maximum absolute atomic E-state index is 12.1. The molecule has 1 rings (SSSR count). The van der Waals surface area contributed by atoms with Crippen molar-refractivity contribution in [3.8, 4) is 0 Å². The molecule has 0 spiro atoms. The quantitative estimate of drug-likeness (QED) is 0.366. The summed E-state index contributed by atoms with van der Waals surface area (Å²) in [7, 11) is -3.67. The maximum Gasteiger partial charge on any atom is 0.328 e. The molecular formula is C20H40N2O7S. The van der Waals surface area contributed by atoms with Crippen LogP contribution in [0.4, 0.5) is 4.79 Å². The molecule has 178 valence electrons. The van der Waals surface area contributed by atoms with Gasteiger partial charge in [-0.15, -0.1) is 0 Å². The van der Waals surface area contributed by atoms with Crippen LogP contribution in [-0.2, 0) is 29.0 Å². The molecule has 1 aliphatic rings. The molecule has 30 heavy (non-hydrogen) atoms. The highest BCUT2D eigenvalue weighted by atomic mass is 32.2. The molecular weight excluding hydrogens is 412 g/mol. The lowest BCUT2D eigenvalue weighted by Crippen LogP contribution is -2.63. The first-order chi connectivity index (χ1) is 14.3. The van der Waals surface area contributed by atoms with Crippen molar-refractivity contribution in [2.24, 2.45) is 0 Å². The number of urea groups is 1. The average molecular weight is 453 g/mol. The molecule has 0 aromatic carbocycles. The monoisotopic (exact) mass is 452 g/mol. The Labute approximate surface area is 181 Å². The van der Waals surface area contributed by atoms with Crippen LogP contribution in [0, 0.1) is 0 Å². The second-order valence-electron chi connectivity index (χ2n) is 7.63. The van der Waals surface area contributed by atoms with Crippen LogP contribution in [0.15, 0.2) is 0 Å². The lowest BCUT2D eigenvalue weighted by atomic mass is 9.97. The fourth-order valence-corrected chi connectivity index (χ4v) is 3.47. The van der Waals surface area contributed by atoms with Crippen LogP contribution in [0.25, 0.3) is 0 Å². The summed E-state index contributed by atoms with van der Waals surface area (Å²) in [5, 5.41) is 2.67. The SMILES string of the molecule is CCCCOC[C@H]1OC[C@@H](NC(=O)NS(C)(=O)=O)[C@@H](OCCCC)[C@H]1OCCCC. The van der Waals surface area contributed by atoms with Gasteiger partial charge in [0, 0.05) is 19.8 Å². The van der Waals surface area contributed by atoms with E-state index in [0.29, 0.717) is 26.4 Å². The normalized spacial score (nSPS) is 24.5. The van der Waals surface area contributed by atoms with Gasteiger partial charge in [-0.2, -0.15) is 0 Å². The topological polar surface area (TPSA) is 112 Å². The number of carbonyl (C=O) groups is 1. The predicted molar refractivity (Wildman–Crippen MR) is 115 cm³/mol. The second-order valence-corrected chi connectivity index (χ2v) is 9.38. The van der Waals surface area contributed by atoms with E-state index in [1.54, 1.807) is 0 Å². The van der Waals surface area contributed by atoms with Crippen LogP contribution in [0.1, 0.15) is 59.3 Å². The number of carbonyl (C=O) groups excluding carboxylic acids is 1. The summed E-state index contributed by atoms with van der Waals surface area (Å²) in [5.41, 5.74) is 0. The van der Waals surface area contributed by atoms with Crippen LogP contribution in [-0.4, -0.2) is 78.1 Å². The van der Waals surface area contributed by atoms with Crippen LogP contribution in [0.3, 0.4) is 0 Å². The summed E-state index contributed by atoms with van der Waals surface area (Å²) >= 11 is 0. The van der Waals surface area contributed by atoms with E-state index in [0.717, 1.165) is 44.8 Å². The number of hydrogen-bond acceptors (Lipinski definition) is 7. The lowest BCUT2D eigenvalue weighted by molar-refractivity contribution is -0.200. The highest BCUT2D eigenvalue weighted by molar-refractivity contribution is 7.89. The third-order valence-electron chi connectivity index (χ3n) is 4.71. The first-order valence-electron chi connectivity index (χ1n) is 11.0. The molecule has 0 aliphatic carbocycles. The Morgan fingerprint density at radius 2 is 1.53 bits per heavy atom. The van der Waals surface area contributed by atoms with Crippen LogP contribution in [0.5, 0.6) is 0 Å². The molecule has 10 heteroatoms. The Morgan fingerprint density at radius 1 is 0.967 bits per heavy atom. The molecule has 0 saturated carbocycles. The molecule has 4 atom stereocenters. The van der Waals surface area contributed by atoms with Gasteiger partial charge in [-0.3, -0.25) is 0 Å². The van der Waals surface area contributed by atoms with Gasteiger partial charge >= 0.3 is 6.03 Å².